The second kappa shape index (κ2) is 5.45. The Hall–Kier alpha value is -1.16. The van der Waals surface area contributed by atoms with Gasteiger partial charge in [0, 0.05) is 31.4 Å². The highest BCUT2D eigenvalue weighted by molar-refractivity contribution is 5.43. The molecule has 94 valence electrons. The van der Waals surface area contributed by atoms with Crippen LogP contribution in [-0.4, -0.2) is 18.1 Å². The minimum atomic E-state index is -0.261. The molecule has 1 aliphatic rings. The van der Waals surface area contributed by atoms with Crippen molar-refractivity contribution in [1.82, 2.24) is 4.98 Å². The topological polar surface area (TPSA) is 42.2 Å². The maximum atomic E-state index is 14.1. The van der Waals surface area contributed by atoms with E-state index in [-0.39, 0.29) is 12.4 Å². The molecule has 1 saturated carbocycles. The van der Waals surface area contributed by atoms with Gasteiger partial charge >= 0.3 is 0 Å². The van der Waals surface area contributed by atoms with Crippen LogP contribution in [0.2, 0.25) is 0 Å². The van der Waals surface area contributed by atoms with Crippen LogP contribution in [0, 0.1) is 5.82 Å². The fourth-order valence-electron chi connectivity index (χ4n) is 2.52. The molecule has 1 fully saturated rings. The zero-order chi connectivity index (χ0) is 12.3. The number of hydrogen-bond acceptors (Lipinski definition) is 3. The molecule has 1 aromatic rings. The van der Waals surface area contributed by atoms with E-state index in [9.17, 15) is 4.39 Å². The van der Waals surface area contributed by atoms with E-state index in [0.29, 0.717) is 17.4 Å². The number of aromatic nitrogens is 1. The van der Waals surface area contributed by atoms with Gasteiger partial charge in [0.1, 0.15) is 0 Å². The summed E-state index contributed by atoms with van der Waals surface area (Å²) < 4.78 is 14.1. The molecular weight excluding hydrogens is 217 g/mol. The van der Waals surface area contributed by atoms with E-state index in [1.807, 2.05) is 11.9 Å². The number of pyridine rings is 1. The molecule has 0 radical (unpaired) electrons. The molecule has 0 atom stereocenters. The average Bonchev–Trinajstić information content (AvgIpc) is 2.39. The van der Waals surface area contributed by atoms with E-state index in [0.717, 1.165) is 12.8 Å². The fraction of sp³-hybridized carbons (Fsp3) is 0.615. The van der Waals surface area contributed by atoms with Gasteiger partial charge in [-0.05, 0) is 18.9 Å². The van der Waals surface area contributed by atoms with Crippen LogP contribution in [-0.2, 0) is 6.54 Å². The monoisotopic (exact) mass is 237 g/mol. The molecule has 2 N–H and O–H groups in total. The third kappa shape index (κ3) is 2.57. The summed E-state index contributed by atoms with van der Waals surface area (Å²) in [6.07, 6.45) is 7.65. The molecule has 0 unspecified atom stereocenters. The van der Waals surface area contributed by atoms with Gasteiger partial charge in [-0.1, -0.05) is 19.3 Å². The molecule has 17 heavy (non-hydrogen) atoms. The second-order valence-corrected chi connectivity index (χ2v) is 4.71. The zero-order valence-electron chi connectivity index (χ0n) is 10.3. The Bertz CT molecular complexity index is 375. The molecule has 1 aliphatic carbocycles. The van der Waals surface area contributed by atoms with Crippen LogP contribution in [0.3, 0.4) is 0 Å². The van der Waals surface area contributed by atoms with Crippen molar-refractivity contribution in [3.63, 3.8) is 0 Å². The van der Waals surface area contributed by atoms with Crippen molar-refractivity contribution >= 4 is 5.82 Å². The van der Waals surface area contributed by atoms with E-state index in [4.69, 9.17) is 5.73 Å². The normalized spacial score (nSPS) is 17.1. The lowest BCUT2D eigenvalue weighted by molar-refractivity contribution is 0.421. The lowest BCUT2D eigenvalue weighted by Gasteiger charge is -2.32. The summed E-state index contributed by atoms with van der Waals surface area (Å²) in [5.41, 5.74) is 6.05. The highest BCUT2D eigenvalue weighted by Crippen LogP contribution is 2.27. The van der Waals surface area contributed by atoms with Crippen LogP contribution in [0.25, 0.3) is 0 Å². The first-order valence-electron chi connectivity index (χ1n) is 6.30. The molecule has 0 aromatic carbocycles. The lowest BCUT2D eigenvalue weighted by Crippen LogP contribution is -2.34. The van der Waals surface area contributed by atoms with Gasteiger partial charge in [0.2, 0.25) is 0 Å². The molecule has 0 aliphatic heterocycles. The van der Waals surface area contributed by atoms with Crippen molar-refractivity contribution in [3.8, 4) is 0 Å². The van der Waals surface area contributed by atoms with Crippen molar-refractivity contribution in [1.29, 1.82) is 0 Å². The molecule has 3 nitrogen and oxygen atoms in total. The van der Waals surface area contributed by atoms with Gasteiger partial charge < -0.3 is 10.6 Å². The molecule has 4 heteroatoms. The molecule has 1 heterocycles. The van der Waals surface area contributed by atoms with Crippen molar-refractivity contribution in [3.05, 3.63) is 23.6 Å². The Labute approximate surface area is 102 Å². The SMILES string of the molecule is CN(c1nccc(CN)c1F)C1CCCCC1. The number of anilines is 1. The molecule has 0 amide bonds. The van der Waals surface area contributed by atoms with E-state index in [1.165, 1.54) is 19.3 Å². The van der Waals surface area contributed by atoms with Gasteiger partial charge in [-0.15, -0.1) is 0 Å². The first-order valence-corrected chi connectivity index (χ1v) is 6.30. The van der Waals surface area contributed by atoms with E-state index in [2.05, 4.69) is 4.98 Å². The Morgan fingerprint density at radius 3 is 2.76 bits per heavy atom. The summed E-state index contributed by atoms with van der Waals surface area (Å²) in [5, 5.41) is 0. The summed E-state index contributed by atoms with van der Waals surface area (Å²) >= 11 is 0. The van der Waals surface area contributed by atoms with Gasteiger partial charge in [-0.25, -0.2) is 9.37 Å². The summed E-state index contributed by atoms with van der Waals surface area (Å²) in [4.78, 5) is 6.14. The predicted octanol–water partition coefficient (Wildman–Crippen LogP) is 2.45. The first-order chi connectivity index (χ1) is 8.24. The van der Waals surface area contributed by atoms with Crippen molar-refractivity contribution < 1.29 is 4.39 Å². The second-order valence-electron chi connectivity index (χ2n) is 4.71. The molecular formula is C13H20FN3. The van der Waals surface area contributed by atoms with Crippen molar-refractivity contribution in [2.24, 2.45) is 5.73 Å². The third-order valence-corrected chi connectivity index (χ3v) is 3.63. The van der Waals surface area contributed by atoms with Crippen LogP contribution in [0.15, 0.2) is 12.3 Å². The van der Waals surface area contributed by atoms with Crippen LogP contribution >= 0.6 is 0 Å². The zero-order valence-corrected chi connectivity index (χ0v) is 10.3. The van der Waals surface area contributed by atoms with Gasteiger partial charge in [0.15, 0.2) is 11.6 Å². The van der Waals surface area contributed by atoms with Crippen LogP contribution in [0.1, 0.15) is 37.7 Å². The van der Waals surface area contributed by atoms with Gasteiger partial charge in [-0.2, -0.15) is 0 Å². The van der Waals surface area contributed by atoms with E-state index in [1.54, 1.807) is 12.3 Å². The maximum absolute atomic E-state index is 14.1. The largest absolute Gasteiger partial charge is 0.354 e. The third-order valence-electron chi connectivity index (χ3n) is 3.63. The molecule has 0 bridgehead atoms. The summed E-state index contributed by atoms with van der Waals surface area (Å²) in [7, 11) is 1.93. The Morgan fingerprint density at radius 1 is 1.41 bits per heavy atom. The summed E-state index contributed by atoms with van der Waals surface area (Å²) in [6.45, 7) is 0.222. The van der Waals surface area contributed by atoms with Crippen LogP contribution in [0.5, 0.6) is 0 Å². The number of hydrogen-bond donors (Lipinski definition) is 1. The van der Waals surface area contributed by atoms with E-state index >= 15 is 0 Å². The number of halogens is 1. The van der Waals surface area contributed by atoms with Crippen LogP contribution in [0.4, 0.5) is 10.2 Å². The van der Waals surface area contributed by atoms with E-state index < -0.39 is 0 Å². The number of rotatable bonds is 3. The minimum absolute atomic E-state index is 0.222. The smallest absolute Gasteiger partial charge is 0.170 e. The molecule has 0 saturated heterocycles. The Kier molecular flexibility index (Phi) is 3.94. The first kappa shape index (κ1) is 12.3. The molecule has 2 rings (SSSR count). The molecule has 0 spiro atoms. The lowest BCUT2D eigenvalue weighted by atomic mass is 9.94. The Morgan fingerprint density at radius 2 is 2.12 bits per heavy atom. The quantitative estimate of drug-likeness (QED) is 0.878. The highest BCUT2D eigenvalue weighted by Gasteiger charge is 2.22. The number of nitrogens with zero attached hydrogens (tertiary/aromatic N) is 2. The highest BCUT2D eigenvalue weighted by atomic mass is 19.1. The van der Waals surface area contributed by atoms with Crippen molar-refractivity contribution in [2.75, 3.05) is 11.9 Å². The maximum Gasteiger partial charge on any atom is 0.170 e. The standard InChI is InChI=1S/C13H20FN3/c1-17(11-5-3-2-4-6-11)13-12(14)10(9-15)7-8-16-13/h7-8,11H,2-6,9,15H2,1H3. The van der Waals surface area contributed by atoms with Gasteiger partial charge in [0.05, 0.1) is 0 Å². The molecule has 1 aromatic heterocycles. The minimum Gasteiger partial charge on any atom is -0.354 e. The fourth-order valence-corrected chi connectivity index (χ4v) is 2.52. The average molecular weight is 237 g/mol. The summed E-state index contributed by atoms with van der Waals surface area (Å²) in [6, 6.07) is 2.06. The Balaban J connectivity index is 2.20. The van der Waals surface area contributed by atoms with Gasteiger partial charge in [-0.3, -0.25) is 0 Å². The van der Waals surface area contributed by atoms with Crippen LogP contribution < -0.4 is 10.6 Å². The van der Waals surface area contributed by atoms with Gasteiger partial charge in [0.25, 0.3) is 0 Å². The summed E-state index contributed by atoms with van der Waals surface area (Å²) in [5.74, 6) is 0.183. The predicted molar refractivity (Wildman–Crippen MR) is 67.4 cm³/mol. The number of nitrogens with two attached hydrogens (primary N) is 1. The van der Waals surface area contributed by atoms with Crippen molar-refractivity contribution in [2.45, 2.75) is 44.7 Å².